The van der Waals surface area contributed by atoms with E-state index in [1.54, 1.807) is 18.5 Å². The Labute approximate surface area is 178 Å². The van der Waals surface area contributed by atoms with Gasteiger partial charge in [0.25, 0.3) is 5.91 Å². The third-order valence-electron chi connectivity index (χ3n) is 5.02. The number of benzene rings is 1. The zero-order valence-electron chi connectivity index (χ0n) is 16.4. The smallest absolute Gasteiger partial charge is 0.259 e. The molecule has 4 rings (SSSR count). The van der Waals surface area contributed by atoms with Gasteiger partial charge in [-0.15, -0.1) is 11.3 Å². The molecule has 3 N–H and O–H groups in total. The largest absolute Gasteiger partial charge is 0.370 e. The number of nitrogens with two attached hydrogens (primary N) is 1. The molecule has 3 aromatic rings. The molecule has 1 atom stereocenters. The molecule has 0 unspecified atom stereocenters. The number of amides is 2. The molecule has 1 aliphatic rings. The van der Waals surface area contributed by atoms with Gasteiger partial charge >= 0.3 is 0 Å². The van der Waals surface area contributed by atoms with Crippen molar-refractivity contribution in [2.24, 2.45) is 5.73 Å². The number of hydrogen-bond donors (Lipinski definition) is 2. The van der Waals surface area contributed by atoms with Crippen LogP contribution >= 0.6 is 11.3 Å². The van der Waals surface area contributed by atoms with E-state index in [1.807, 2.05) is 29.2 Å². The van der Waals surface area contributed by atoms with E-state index < -0.39 is 5.91 Å². The van der Waals surface area contributed by atoms with Crippen molar-refractivity contribution in [3.8, 4) is 0 Å². The first kappa shape index (κ1) is 20.2. The van der Waals surface area contributed by atoms with E-state index in [9.17, 15) is 9.59 Å². The average molecular weight is 426 g/mol. The summed E-state index contributed by atoms with van der Waals surface area (Å²) >= 11 is 1.37. The van der Waals surface area contributed by atoms with Crippen molar-refractivity contribution < 1.29 is 14.3 Å². The predicted octanol–water partition coefficient (Wildman–Crippen LogP) is 2.58. The summed E-state index contributed by atoms with van der Waals surface area (Å²) in [6, 6.07) is 9.54. The van der Waals surface area contributed by atoms with Crippen LogP contribution in [0.3, 0.4) is 0 Å². The molecule has 1 aromatic carbocycles. The van der Waals surface area contributed by atoms with E-state index in [2.05, 4.69) is 15.3 Å². The Bertz CT molecular complexity index is 1040. The minimum Gasteiger partial charge on any atom is -0.370 e. The van der Waals surface area contributed by atoms with Crippen molar-refractivity contribution in [2.45, 2.75) is 18.9 Å². The maximum Gasteiger partial charge on any atom is 0.259 e. The number of nitrogens with zero attached hydrogens (tertiary/aromatic N) is 3. The fourth-order valence-corrected chi connectivity index (χ4v) is 4.71. The van der Waals surface area contributed by atoms with E-state index in [-0.39, 0.29) is 12.0 Å². The highest BCUT2D eigenvalue weighted by Gasteiger charge is 2.30. The van der Waals surface area contributed by atoms with E-state index in [4.69, 9.17) is 10.5 Å². The van der Waals surface area contributed by atoms with Crippen LogP contribution in [-0.2, 0) is 9.53 Å². The van der Waals surface area contributed by atoms with Gasteiger partial charge in [0.1, 0.15) is 6.10 Å². The van der Waals surface area contributed by atoms with Crippen LogP contribution in [0.2, 0.25) is 0 Å². The SMILES string of the molecule is NC(=O)c1sc2ccccc2c1[C@H]1CN(C(=O)CCCNc2ncccn2)CCO1. The lowest BCUT2D eigenvalue weighted by Crippen LogP contribution is -2.42. The van der Waals surface area contributed by atoms with Crippen molar-refractivity contribution in [3.05, 3.63) is 53.2 Å². The van der Waals surface area contributed by atoms with Gasteiger partial charge in [-0.3, -0.25) is 9.59 Å². The molecule has 156 valence electrons. The maximum absolute atomic E-state index is 12.7. The maximum atomic E-state index is 12.7. The molecular weight excluding hydrogens is 402 g/mol. The standard InChI is InChI=1S/C21H23N5O3S/c22-20(28)19-18(14-5-1-2-6-16(14)30-19)15-13-26(11-12-29-15)17(27)7-3-8-23-21-24-9-4-10-25-21/h1-2,4-6,9-10,15H,3,7-8,11-13H2,(H2,22,28)(H,23,24,25)/t15-/m1/s1. The molecule has 0 saturated carbocycles. The quantitative estimate of drug-likeness (QED) is 0.563. The lowest BCUT2D eigenvalue weighted by molar-refractivity contribution is -0.139. The minimum atomic E-state index is -0.465. The van der Waals surface area contributed by atoms with Crippen molar-refractivity contribution in [2.75, 3.05) is 31.6 Å². The molecule has 1 aliphatic heterocycles. The Morgan fingerprint density at radius 2 is 2.03 bits per heavy atom. The third-order valence-corrected chi connectivity index (χ3v) is 6.22. The Balaban J connectivity index is 1.40. The van der Waals surface area contributed by atoms with Gasteiger partial charge in [-0.25, -0.2) is 9.97 Å². The Kier molecular flexibility index (Phi) is 6.20. The van der Waals surface area contributed by atoms with Crippen LogP contribution in [0.4, 0.5) is 5.95 Å². The molecule has 2 amide bonds. The second kappa shape index (κ2) is 9.19. The number of thiophene rings is 1. The van der Waals surface area contributed by atoms with Gasteiger partial charge in [-0.05, 0) is 23.9 Å². The predicted molar refractivity (Wildman–Crippen MR) is 115 cm³/mol. The van der Waals surface area contributed by atoms with Gasteiger partial charge in [0.05, 0.1) is 18.0 Å². The van der Waals surface area contributed by atoms with Crippen molar-refractivity contribution in [1.29, 1.82) is 0 Å². The number of morpholine rings is 1. The van der Waals surface area contributed by atoms with E-state index in [0.717, 1.165) is 15.6 Å². The van der Waals surface area contributed by atoms with E-state index >= 15 is 0 Å². The van der Waals surface area contributed by atoms with Gasteiger partial charge < -0.3 is 20.7 Å². The molecule has 3 heterocycles. The number of ether oxygens (including phenoxy) is 1. The number of anilines is 1. The van der Waals surface area contributed by atoms with Crippen molar-refractivity contribution in [3.63, 3.8) is 0 Å². The van der Waals surface area contributed by atoms with Crippen LogP contribution in [-0.4, -0.2) is 52.9 Å². The zero-order chi connectivity index (χ0) is 20.9. The molecular formula is C21H23N5O3S. The van der Waals surface area contributed by atoms with Crippen LogP contribution in [0, 0.1) is 0 Å². The number of carbonyl (C=O) groups is 2. The van der Waals surface area contributed by atoms with Crippen LogP contribution in [0.25, 0.3) is 10.1 Å². The van der Waals surface area contributed by atoms with E-state index in [0.29, 0.717) is 49.9 Å². The summed E-state index contributed by atoms with van der Waals surface area (Å²) in [7, 11) is 0. The van der Waals surface area contributed by atoms with Gasteiger partial charge in [0.15, 0.2) is 0 Å². The molecule has 2 aromatic heterocycles. The molecule has 0 aliphatic carbocycles. The monoisotopic (exact) mass is 425 g/mol. The van der Waals surface area contributed by atoms with Crippen LogP contribution < -0.4 is 11.1 Å². The van der Waals surface area contributed by atoms with Gasteiger partial charge in [0, 0.05) is 42.2 Å². The normalized spacial score (nSPS) is 16.5. The second-order valence-corrected chi connectivity index (χ2v) is 8.06. The molecule has 0 radical (unpaired) electrons. The van der Waals surface area contributed by atoms with Gasteiger partial charge in [0.2, 0.25) is 11.9 Å². The number of carbonyl (C=O) groups excluding carboxylic acids is 2. The average Bonchev–Trinajstić information content (AvgIpc) is 3.17. The summed E-state index contributed by atoms with van der Waals surface area (Å²) in [5, 5.41) is 4.07. The molecule has 9 heteroatoms. The summed E-state index contributed by atoms with van der Waals surface area (Å²) < 4.78 is 6.95. The first-order valence-electron chi connectivity index (χ1n) is 9.85. The minimum absolute atomic E-state index is 0.0687. The Morgan fingerprint density at radius 3 is 2.83 bits per heavy atom. The molecule has 1 saturated heterocycles. The molecule has 0 spiro atoms. The van der Waals surface area contributed by atoms with Crippen molar-refractivity contribution >= 4 is 39.2 Å². The number of primary amides is 1. The van der Waals surface area contributed by atoms with Crippen LogP contribution in [0.1, 0.15) is 34.2 Å². The third kappa shape index (κ3) is 4.42. The van der Waals surface area contributed by atoms with Crippen LogP contribution in [0.5, 0.6) is 0 Å². The van der Waals surface area contributed by atoms with Crippen LogP contribution in [0.15, 0.2) is 42.7 Å². The summed E-state index contributed by atoms with van der Waals surface area (Å²) in [5.74, 6) is 0.159. The number of hydrogen-bond acceptors (Lipinski definition) is 7. The number of rotatable bonds is 7. The van der Waals surface area contributed by atoms with Gasteiger partial charge in [-0.2, -0.15) is 0 Å². The fourth-order valence-electron chi connectivity index (χ4n) is 3.61. The molecule has 8 nitrogen and oxygen atoms in total. The summed E-state index contributed by atoms with van der Waals surface area (Å²) in [4.78, 5) is 35.3. The first-order valence-corrected chi connectivity index (χ1v) is 10.7. The van der Waals surface area contributed by atoms with Crippen molar-refractivity contribution in [1.82, 2.24) is 14.9 Å². The lowest BCUT2D eigenvalue weighted by Gasteiger charge is -2.33. The van der Waals surface area contributed by atoms with Gasteiger partial charge in [-0.1, -0.05) is 18.2 Å². The second-order valence-electron chi connectivity index (χ2n) is 7.01. The highest BCUT2D eigenvalue weighted by atomic mass is 32.1. The summed E-state index contributed by atoms with van der Waals surface area (Å²) in [6.07, 6.45) is 4.07. The lowest BCUT2D eigenvalue weighted by atomic mass is 10.0. The zero-order valence-corrected chi connectivity index (χ0v) is 17.2. The van der Waals surface area contributed by atoms with E-state index in [1.165, 1.54) is 11.3 Å². The summed E-state index contributed by atoms with van der Waals surface area (Å²) in [6.45, 7) is 1.99. The molecule has 0 bridgehead atoms. The highest BCUT2D eigenvalue weighted by molar-refractivity contribution is 7.21. The Morgan fingerprint density at radius 1 is 1.23 bits per heavy atom. The fraction of sp³-hybridized carbons (Fsp3) is 0.333. The molecule has 30 heavy (non-hydrogen) atoms. The topological polar surface area (TPSA) is 110 Å². The molecule has 1 fully saturated rings. The number of fused-ring (bicyclic) bond motifs is 1. The highest BCUT2D eigenvalue weighted by Crippen LogP contribution is 2.38. The number of aromatic nitrogens is 2. The first-order chi connectivity index (χ1) is 14.6. The Hall–Kier alpha value is -3.04. The number of nitrogens with one attached hydrogen (secondary N) is 1. The summed E-state index contributed by atoms with van der Waals surface area (Å²) in [5.41, 5.74) is 6.42.